The SMILES string of the molecule is Cn1nccc1Nc1nccc(C2C=CNC(=O)C2)n1. The van der Waals surface area contributed by atoms with Gasteiger partial charge in [-0.1, -0.05) is 6.08 Å². The largest absolute Gasteiger partial charge is 0.333 e. The van der Waals surface area contributed by atoms with Crippen LogP contribution in [0.1, 0.15) is 18.0 Å². The lowest BCUT2D eigenvalue weighted by Gasteiger charge is -2.16. The fourth-order valence-electron chi connectivity index (χ4n) is 2.04. The van der Waals surface area contributed by atoms with Crippen LogP contribution < -0.4 is 10.6 Å². The number of nitrogens with zero attached hydrogens (tertiary/aromatic N) is 4. The molecule has 2 N–H and O–H groups in total. The van der Waals surface area contributed by atoms with Gasteiger partial charge in [-0.15, -0.1) is 0 Å². The first-order chi connectivity index (χ1) is 9.72. The number of nitrogens with one attached hydrogen (secondary N) is 2. The van der Waals surface area contributed by atoms with Gasteiger partial charge in [-0.2, -0.15) is 5.10 Å². The van der Waals surface area contributed by atoms with Crippen molar-refractivity contribution in [1.29, 1.82) is 0 Å². The first-order valence-corrected chi connectivity index (χ1v) is 6.26. The molecule has 0 aliphatic carbocycles. The van der Waals surface area contributed by atoms with Crippen molar-refractivity contribution in [2.75, 3.05) is 5.32 Å². The number of aryl methyl sites for hydroxylation is 1. The van der Waals surface area contributed by atoms with Crippen LogP contribution in [0.15, 0.2) is 36.8 Å². The summed E-state index contributed by atoms with van der Waals surface area (Å²) in [6.45, 7) is 0. The molecule has 1 atom stereocenters. The van der Waals surface area contributed by atoms with E-state index in [2.05, 4.69) is 25.7 Å². The summed E-state index contributed by atoms with van der Waals surface area (Å²) in [5.41, 5.74) is 0.816. The molecule has 0 spiro atoms. The number of hydrogen-bond acceptors (Lipinski definition) is 5. The van der Waals surface area contributed by atoms with E-state index in [4.69, 9.17) is 0 Å². The van der Waals surface area contributed by atoms with Crippen molar-refractivity contribution in [3.8, 4) is 0 Å². The van der Waals surface area contributed by atoms with Crippen molar-refractivity contribution in [3.63, 3.8) is 0 Å². The second-order valence-electron chi connectivity index (χ2n) is 4.51. The summed E-state index contributed by atoms with van der Waals surface area (Å²) in [6.07, 6.45) is 7.37. The predicted molar refractivity (Wildman–Crippen MR) is 73.2 cm³/mol. The molecule has 7 heteroatoms. The molecular formula is C13H14N6O. The molecule has 0 radical (unpaired) electrons. The Morgan fingerprint density at radius 1 is 1.40 bits per heavy atom. The molecule has 1 aliphatic rings. The van der Waals surface area contributed by atoms with E-state index >= 15 is 0 Å². The fraction of sp³-hybridized carbons (Fsp3) is 0.231. The van der Waals surface area contributed by atoms with Crippen molar-refractivity contribution in [2.45, 2.75) is 12.3 Å². The average molecular weight is 270 g/mol. The van der Waals surface area contributed by atoms with E-state index in [1.807, 2.05) is 25.3 Å². The Bertz CT molecular complexity index is 662. The lowest BCUT2D eigenvalue weighted by Crippen LogP contribution is -2.24. The zero-order valence-electron chi connectivity index (χ0n) is 10.9. The minimum Gasteiger partial charge on any atom is -0.333 e. The Balaban J connectivity index is 1.83. The van der Waals surface area contributed by atoms with E-state index in [0.717, 1.165) is 11.5 Å². The smallest absolute Gasteiger partial charge is 0.228 e. The van der Waals surface area contributed by atoms with E-state index < -0.39 is 0 Å². The zero-order chi connectivity index (χ0) is 13.9. The molecule has 0 bridgehead atoms. The monoisotopic (exact) mass is 270 g/mol. The Morgan fingerprint density at radius 2 is 2.30 bits per heavy atom. The predicted octanol–water partition coefficient (Wildman–Crippen LogP) is 1.07. The third-order valence-corrected chi connectivity index (χ3v) is 3.10. The van der Waals surface area contributed by atoms with Crippen LogP contribution in [0, 0.1) is 0 Å². The first kappa shape index (κ1) is 12.3. The van der Waals surface area contributed by atoms with E-state index in [1.54, 1.807) is 23.3 Å². The minimum atomic E-state index is -0.0150. The van der Waals surface area contributed by atoms with Crippen LogP contribution in [-0.4, -0.2) is 25.7 Å². The molecule has 0 aromatic carbocycles. The van der Waals surface area contributed by atoms with Crippen LogP contribution in [0.3, 0.4) is 0 Å². The van der Waals surface area contributed by atoms with Crippen LogP contribution in [-0.2, 0) is 11.8 Å². The van der Waals surface area contributed by atoms with Crippen LogP contribution in [0.4, 0.5) is 11.8 Å². The van der Waals surface area contributed by atoms with Crippen molar-refractivity contribution in [2.24, 2.45) is 7.05 Å². The number of carbonyl (C=O) groups is 1. The van der Waals surface area contributed by atoms with E-state index in [-0.39, 0.29) is 11.8 Å². The minimum absolute atomic E-state index is 0.00254. The molecule has 7 nitrogen and oxygen atoms in total. The van der Waals surface area contributed by atoms with Crippen LogP contribution in [0.5, 0.6) is 0 Å². The third-order valence-electron chi connectivity index (χ3n) is 3.10. The molecule has 2 aromatic rings. The molecule has 0 fully saturated rings. The highest BCUT2D eigenvalue weighted by Gasteiger charge is 2.18. The summed E-state index contributed by atoms with van der Waals surface area (Å²) < 4.78 is 1.70. The maximum Gasteiger partial charge on any atom is 0.228 e. The topological polar surface area (TPSA) is 84.7 Å². The van der Waals surface area contributed by atoms with E-state index in [9.17, 15) is 4.79 Å². The second-order valence-corrected chi connectivity index (χ2v) is 4.51. The molecule has 1 aliphatic heterocycles. The molecule has 3 heterocycles. The van der Waals surface area contributed by atoms with Gasteiger partial charge in [0.15, 0.2) is 0 Å². The lowest BCUT2D eigenvalue weighted by atomic mass is 9.99. The molecule has 0 saturated heterocycles. The summed E-state index contributed by atoms with van der Waals surface area (Å²) >= 11 is 0. The normalized spacial score (nSPS) is 17.9. The number of allylic oxidation sites excluding steroid dienone is 1. The standard InChI is InChI=1S/C13H14N6O/c1-19-11(4-7-16-19)18-13-15-6-3-10(17-13)9-2-5-14-12(20)8-9/h2-7,9H,8H2,1H3,(H,14,20)(H,15,17,18). The molecule has 1 unspecified atom stereocenters. The van der Waals surface area contributed by atoms with Gasteiger partial charge in [0.2, 0.25) is 11.9 Å². The number of aromatic nitrogens is 4. The highest BCUT2D eigenvalue weighted by molar-refractivity contribution is 5.79. The van der Waals surface area contributed by atoms with Crippen LogP contribution >= 0.6 is 0 Å². The number of hydrogen-bond donors (Lipinski definition) is 2. The number of amides is 1. The van der Waals surface area contributed by atoms with Gasteiger partial charge in [-0.3, -0.25) is 9.48 Å². The summed E-state index contributed by atoms with van der Waals surface area (Å²) in [7, 11) is 1.83. The summed E-state index contributed by atoms with van der Waals surface area (Å²) in [6, 6.07) is 3.66. The quantitative estimate of drug-likeness (QED) is 0.871. The zero-order valence-corrected chi connectivity index (χ0v) is 10.9. The average Bonchev–Trinajstić information content (AvgIpc) is 2.85. The van der Waals surface area contributed by atoms with Gasteiger partial charge in [0.25, 0.3) is 0 Å². The summed E-state index contributed by atoms with van der Waals surface area (Å²) in [4.78, 5) is 20.0. The molecular weight excluding hydrogens is 256 g/mol. The second kappa shape index (κ2) is 5.12. The number of carbonyl (C=O) groups excluding carboxylic acids is 1. The van der Waals surface area contributed by atoms with Crippen molar-refractivity contribution < 1.29 is 4.79 Å². The van der Waals surface area contributed by atoms with Gasteiger partial charge in [0.1, 0.15) is 5.82 Å². The number of rotatable bonds is 3. The Morgan fingerprint density at radius 3 is 3.05 bits per heavy atom. The van der Waals surface area contributed by atoms with Crippen LogP contribution in [0.2, 0.25) is 0 Å². The van der Waals surface area contributed by atoms with Crippen molar-refractivity contribution >= 4 is 17.7 Å². The number of anilines is 2. The first-order valence-electron chi connectivity index (χ1n) is 6.26. The maximum atomic E-state index is 11.4. The Labute approximate surface area is 115 Å². The molecule has 102 valence electrons. The van der Waals surface area contributed by atoms with Crippen LogP contribution in [0.25, 0.3) is 0 Å². The fourth-order valence-corrected chi connectivity index (χ4v) is 2.04. The molecule has 3 rings (SSSR count). The molecule has 2 aromatic heterocycles. The lowest BCUT2D eigenvalue weighted by molar-refractivity contribution is -0.120. The van der Waals surface area contributed by atoms with Crippen molar-refractivity contribution in [3.05, 3.63) is 42.5 Å². The molecule has 20 heavy (non-hydrogen) atoms. The van der Waals surface area contributed by atoms with E-state index in [1.165, 1.54) is 0 Å². The maximum absolute atomic E-state index is 11.4. The van der Waals surface area contributed by atoms with Gasteiger partial charge in [0.05, 0.1) is 11.9 Å². The van der Waals surface area contributed by atoms with Gasteiger partial charge >= 0.3 is 0 Å². The van der Waals surface area contributed by atoms with Gasteiger partial charge in [-0.05, 0) is 6.07 Å². The highest BCUT2D eigenvalue weighted by Crippen LogP contribution is 2.22. The van der Waals surface area contributed by atoms with Gasteiger partial charge in [-0.25, -0.2) is 9.97 Å². The third kappa shape index (κ3) is 2.51. The Kier molecular flexibility index (Phi) is 3.16. The van der Waals surface area contributed by atoms with Gasteiger partial charge in [0, 0.05) is 37.8 Å². The van der Waals surface area contributed by atoms with Gasteiger partial charge < -0.3 is 10.6 Å². The Hall–Kier alpha value is -2.70. The molecule has 1 amide bonds. The summed E-state index contributed by atoms with van der Waals surface area (Å²) in [5, 5.41) is 9.82. The molecule has 0 saturated carbocycles. The summed E-state index contributed by atoms with van der Waals surface area (Å²) in [5.74, 6) is 1.28. The van der Waals surface area contributed by atoms with E-state index in [0.29, 0.717) is 12.4 Å². The van der Waals surface area contributed by atoms with Crippen molar-refractivity contribution in [1.82, 2.24) is 25.1 Å². The highest BCUT2D eigenvalue weighted by atomic mass is 16.1.